The summed E-state index contributed by atoms with van der Waals surface area (Å²) in [5.74, 6) is -0.821. The first kappa shape index (κ1) is 11.9. The lowest BCUT2D eigenvalue weighted by molar-refractivity contribution is 0.621. The molecule has 0 amide bonds. The van der Waals surface area contributed by atoms with Gasteiger partial charge in [-0.3, -0.25) is 0 Å². The second-order valence-corrected chi connectivity index (χ2v) is 4.35. The second kappa shape index (κ2) is 4.71. The number of nitrogens with one attached hydrogen (secondary N) is 1. The summed E-state index contributed by atoms with van der Waals surface area (Å²) in [5, 5.41) is 2.84. The van der Waals surface area contributed by atoms with Crippen molar-refractivity contribution in [2.75, 3.05) is 11.1 Å². The third-order valence-electron chi connectivity index (χ3n) is 2.19. The minimum atomic E-state index is -0.453. The zero-order chi connectivity index (χ0) is 12.4. The number of rotatable bonds is 2. The van der Waals surface area contributed by atoms with Gasteiger partial charge in [-0.2, -0.15) is 0 Å². The van der Waals surface area contributed by atoms with E-state index < -0.39 is 5.82 Å². The van der Waals surface area contributed by atoms with Gasteiger partial charge in [0.15, 0.2) is 0 Å². The molecule has 0 atom stereocenters. The molecule has 0 aliphatic rings. The molecule has 0 spiro atoms. The average molecular weight is 299 g/mol. The zero-order valence-electron chi connectivity index (χ0n) is 8.68. The molecule has 5 heteroatoms. The zero-order valence-corrected chi connectivity index (χ0v) is 10.3. The highest BCUT2D eigenvalue weighted by Crippen LogP contribution is 2.25. The molecule has 0 unspecified atom stereocenters. The largest absolute Gasteiger partial charge is 0.399 e. The fourth-order valence-electron chi connectivity index (χ4n) is 1.36. The van der Waals surface area contributed by atoms with Gasteiger partial charge in [0.25, 0.3) is 0 Å². The molecule has 2 aromatic carbocycles. The summed E-state index contributed by atoms with van der Waals surface area (Å²) in [6, 6.07) is 8.69. The van der Waals surface area contributed by atoms with Crippen LogP contribution in [0.5, 0.6) is 0 Å². The van der Waals surface area contributed by atoms with Crippen molar-refractivity contribution in [1.82, 2.24) is 0 Å². The highest BCUT2D eigenvalue weighted by Gasteiger charge is 2.04. The van der Waals surface area contributed by atoms with Crippen LogP contribution in [0.1, 0.15) is 0 Å². The predicted molar refractivity (Wildman–Crippen MR) is 68.2 cm³/mol. The van der Waals surface area contributed by atoms with E-state index in [0.29, 0.717) is 15.8 Å². The van der Waals surface area contributed by atoms with E-state index in [-0.39, 0.29) is 11.5 Å². The van der Waals surface area contributed by atoms with Crippen molar-refractivity contribution in [3.63, 3.8) is 0 Å². The van der Waals surface area contributed by atoms with Crippen LogP contribution in [0.2, 0.25) is 0 Å². The lowest BCUT2D eigenvalue weighted by Crippen LogP contribution is -1.95. The molecule has 2 rings (SSSR count). The van der Waals surface area contributed by atoms with Gasteiger partial charge in [-0.05, 0) is 52.3 Å². The van der Waals surface area contributed by atoms with E-state index in [0.717, 1.165) is 0 Å². The average Bonchev–Trinajstić information content (AvgIpc) is 2.27. The topological polar surface area (TPSA) is 38.0 Å². The van der Waals surface area contributed by atoms with Crippen molar-refractivity contribution in [2.45, 2.75) is 0 Å². The number of nitrogen functional groups attached to an aromatic ring is 1. The van der Waals surface area contributed by atoms with Crippen LogP contribution in [0.15, 0.2) is 40.9 Å². The van der Waals surface area contributed by atoms with Crippen LogP contribution in [-0.2, 0) is 0 Å². The van der Waals surface area contributed by atoms with Gasteiger partial charge in [0.05, 0.1) is 10.2 Å². The maximum atomic E-state index is 13.5. The number of nitrogens with two attached hydrogens (primary N) is 1. The van der Waals surface area contributed by atoms with Gasteiger partial charge in [0, 0.05) is 11.4 Å². The molecule has 3 N–H and O–H groups in total. The predicted octanol–water partition coefficient (Wildman–Crippen LogP) is 4.05. The van der Waals surface area contributed by atoms with Crippen molar-refractivity contribution in [3.05, 3.63) is 52.5 Å². The smallest absolute Gasteiger partial charge is 0.148 e. The second-order valence-electron chi connectivity index (χ2n) is 3.49. The first-order valence-corrected chi connectivity index (χ1v) is 5.62. The van der Waals surface area contributed by atoms with Crippen molar-refractivity contribution in [2.24, 2.45) is 0 Å². The van der Waals surface area contributed by atoms with Crippen LogP contribution in [0.3, 0.4) is 0 Å². The van der Waals surface area contributed by atoms with Crippen LogP contribution in [-0.4, -0.2) is 0 Å². The lowest BCUT2D eigenvalue weighted by Gasteiger charge is -2.08. The summed E-state index contributed by atoms with van der Waals surface area (Å²) in [4.78, 5) is 0. The Bertz CT molecular complexity index is 558. The molecule has 0 aliphatic heterocycles. The van der Waals surface area contributed by atoms with Crippen LogP contribution in [0.4, 0.5) is 25.8 Å². The Kier molecular flexibility index (Phi) is 3.28. The minimum absolute atomic E-state index is 0.290. The minimum Gasteiger partial charge on any atom is -0.399 e. The molecule has 0 saturated heterocycles. The number of hydrogen-bond donors (Lipinski definition) is 2. The summed E-state index contributed by atoms with van der Waals surface area (Å²) in [6.45, 7) is 0. The Morgan fingerprint density at radius 2 is 1.76 bits per heavy atom. The quantitative estimate of drug-likeness (QED) is 0.821. The molecule has 0 radical (unpaired) electrons. The van der Waals surface area contributed by atoms with Crippen LogP contribution in [0, 0.1) is 11.6 Å². The number of hydrogen-bond acceptors (Lipinski definition) is 2. The molecule has 2 aromatic rings. The fourth-order valence-corrected chi connectivity index (χ4v) is 1.74. The van der Waals surface area contributed by atoms with E-state index in [1.165, 1.54) is 30.3 Å². The van der Waals surface area contributed by atoms with Crippen molar-refractivity contribution < 1.29 is 8.78 Å². The third-order valence-corrected chi connectivity index (χ3v) is 2.80. The van der Waals surface area contributed by atoms with E-state index in [1.54, 1.807) is 6.07 Å². The van der Waals surface area contributed by atoms with Crippen molar-refractivity contribution >= 4 is 33.0 Å². The van der Waals surface area contributed by atoms with Crippen LogP contribution < -0.4 is 11.1 Å². The lowest BCUT2D eigenvalue weighted by atomic mass is 10.2. The highest BCUT2D eigenvalue weighted by atomic mass is 79.9. The molecule has 17 heavy (non-hydrogen) atoms. The van der Waals surface area contributed by atoms with Crippen LogP contribution >= 0.6 is 15.9 Å². The monoisotopic (exact) mass is 298 g/mol. The van der Waals surface area contributed by atoms with Crippen LogP contribution in [0.25, 0.3) is 0 Å². The summed E-state index contributed by atoms with van der Waals surface area (Å²) >= 11 is 3.06. The first-order chi connectivity index (χ1) is 8.06. The number of benzene rings is 2. The molecule has 2 nitrogen and oxygen atoms in total. The first-order valence-electron chi connectivity index (χ1n) is 4.83. The molecule has 0 saturated carbocycles. The number of anilines is 3. The summed E-state index contributed by atoms with van der Waals surface area (Å²) < 4.78 is 26.8. The Morgan fingerprint density at radius 3 is 2.41 bits per heavy atom. The standard InChI is InChI=1S/C12H9BrF2N2/c13-9-6-8(2-3-10(9)14)17-12-4-1-7(16)5-11(12)15/h1-6,17H,16H2. The summed E-state index contributed by atoms with van der Waals surface area (Å²) in [5.41, 5.74) is 6.67. The molecule has 0 heterocycles. The van der Waals surface area contributed by atoms with Gasteiger partial charge in [-0.25, -0.2) is 8.78 Å². The van der Waals surface area contributed by atoms with Gasteiger partial charge in [0.2, 0.25) is 0 Å². The molecule has 0 fully saturated rings. The molecule has 0 bridgehead atoms. The van der Waals surface area contributed by atoms with Gasteiger partial charge in [0.1, 0.15) is 11.6 Å². The maximum absolute atomic E-state index is 13.5. The summed E-state index contributed by atoms with van der Waals surface area (Å²) in [7, 11) is 0. The normalized spacial score (nSPS) is 10.3. The molecule has 0 aromatic heterocycles. The SMILES string of the molecule is Nc1ccc(Nc2ccc(F)c(Br)c2)c(F)c1. The molecule has 0 aliphatic carbocycles. The van der Waals surface area contributed by atoms with Gasteiger partial charge in [-0.15, -0.1) is 0 Å². The van der Waals surface area contributed by atoms with E-state index in [9.17, 15) is 8.78 Å². The molecule has 88 valence electrons. The Balaban J connectivity index is 2.28. The summed E-state index contributed by atoms with van der Waals surface area (Å²) in [6.07, 6.45) is 0. The highest BCUT2D eigenvalue weighted by molar-refractivity contribution is 9.10. The number of halogens is 3. The van der Waals surface area contributed by atoms with Crippen molar-refractivity contribution in [1.29, 1.82) is 0 Å². The van der Waals surface area contributed by atoms with E-state index in [1.807, 2.05) is 0 Å². The fraction of sp³-hybridized carbons (Fsp3) is 0. The maximum Gasteiger partial charge on any atom is 0.148 e. The van der Waals surface area contributed by atoms with Gasteiger partial charge < -0.3 is 11.1 Å². The van der Waals surface area contributed by atoms with Crippen molar-refractivity contribution in [3.8, 4) is 0 Å². The van der Waals surface area contributed by atoms with E-state index in [4.69, 9.17) is 5.73 Å². The molecular weight excluding hydrogens is 290 g/mol. The third kappa shape index (κ3) is 2.74. The van der Waals surface area contributed by atoms with Gasteiger partial charge in [-0.1, -0.05) is 0 Å². The van der Waals surface area contributed by atoms with Gasteiger partial charge >= 0.3 is 0 Å². The Morgan fingerprint density at radius 1 is 1.00 bits per heavy atom. The van der Waals surface area contributed by atoms with E-state index in [2.05, 4.69) is 21.2 Å². The Labute approximate surface area is 106 Å². The van der Waals surface area contributed by atoms with E-state index >= 15 is 0 Å². The Hall–Kier alpha value is -1.62. The molecular formula is C12H9BrF2N2.